The molecule has 1 rings (SSSR count). The molecule has 5 heteroatoms. The van der Waals surface area contributed by atoms with Crippen LogP contribution in [-0.4, -0.2) is 38.0 Å². The quantitative estimate of drug-likeness (QED) is 0.742. The maximum atomic E-state index is 13.3. The van der Waals surface area contributed by atoms with E-state index in [1.807, 2.05) is 19.0 Å². The first-order valence-corrected chi connectivity index (χ1v) is 4.98. The van der Waals surface area contributed by atoms with E-state index >= 15 is 0 Å². The summed E-state index contributed by atoms with van der Waals surface area (Å²) in [6.07, 6.45) is 0. The van der Waals surface area contributed by atoms with Gasteiger partial charge in [0.25, 0.3) is 5.91 Å². The van der Waals surface area contributed by atoms with Gasteiger partial charge >= 0.3 is 0 Å². The molecule has 0 aliphatic carbocycles. The third-order valence-corrected chi connectivity index (χ3v) is 2.08. The Kier molecular flexibility index (Phi) is 4.25. The van der Waals surface area contributed by atoms with Crippen LogP contribution in [0.4, 0.5) is 10.1 Å². The molecule has 0 saturated heterocycles. The highest BCUT2D eigenvalue weighted by Gasteiger charge is 2.10. The second-order valence-electron chi connectivity index (χ2n) is 3.80. The number of hydrogen-bond acceptors (Lipinski definition) is 3. The summed E-state index contributed by atoms with van der Waals surface area (Å²) in [4.78, 5) is 13.5. The van der Waals surface area contributed by atoms with Crippen LogP contribution in [0, 0.1) is 5.82 Å². The van der Waals surface area contributed by atoms with Crippen LogP contribution >= 0.6 is 0 Å². The van der Waals surface area contributed by atoms with Crippen molar-refractivity contribution in [1.82, 2.24) is 10.2 Å². The number of carbonyl (C=O) groups excluding carboxylic acids is 1. The van der Waals surface area contributed by atoms with Crippen LogP contribution in [0.2, 0.25) is 0 Å². The molecule has 0 aromatic heterocycles. The fourth-order valence-electron chi connectivity index (χ4n) is 1.20. The SMILES string of the molecule is CN(C)CCNC(=O)c1ccc(N)cc1F. The van der Waals surface area contributed by atoms with E-state index in [4.69, 9.17) is 5.73 Å². The van der Waals surface area contributed by atoms with Crippen molar-refractivity contribution in [3.8, 4) is 0 Å². The van der Waals surface area contributed by atoms with Crippen molar-refractivity contribution >= 4 is 11.6 Å². The van der Waals surface area contributed by atoms with Gasteiger partial charge in [-0.15, -0.1) is 0 Å². The Morgan fingerprint density at radius 2 is 2.19 bits per heavy atom. The molecule has 0 aliphatic heterocycles. The summed E-state index contributed by atoms with van der Waals surface area (Å²) in [5, 5.41) is 2.63. The minimum atomic E-state index is -0.595. The topological polar surface area (TPSA) is 58.4 Å². The van der Waals surface area contributed by atoms with Crippen molar-refractivity contribution < 1.29 is 9.18 Å². The van der Waals surface area contributed by atoms with Gasteiger partial charge in [-0.2, -0.15) is 0 Å². The Morgan fingerprint density at radius 3 is 2.75 bits per heavy atom. The molecule has 16 heavy (non-hydrogen) atoms. The Bertz CT molecular complexity index is 379. The molecule has 0 saturated carbocycles. The molecule has 3 N–H and O–H groups in total. The van der Waals surface area contributed by atoms with Gasteiger partial charge in [-0.05, 0) is 32.3 Å². The van der Waals surface area contributed by atoms with Crippen LogP contribution in [0.3, 0.4) is 0 Å². The highest BCUT2D eigenvalue weighted by molar-refractivity contribution is 5.94. The third-order valence-electron chi connectivity index (χ3n) is 2.08. The van der Waals surface area contributed by atoms with Crippen molar-refractivity contribution in [3.05, 3.63) is 29.6 Å². The lowest BCUT2D eigenvalue weighted by Crippen LogP contribution is -2.31. The molecule has 0 aliphatic rings. The average Bonchev–Trinajstić information content (AvgIpc) is 2.16. The van der Waals surface area contributed by atoms with E-state index in [1.54, 1.807) is 0 Å². The van der Waals surface area contributed by atoms with Crippen LogP contribution < -0.4 is 11.1 Å². The molecule has 0 radical (unpaired) electrons. The number of benzene rings is 1. The fourth-order valence-corrected chi connectivity index (χ4v) is 1.20. The highest BCUT2D eigenvalue weighted by atomic mass is 19.1. The zero-order valence-electron chi connectivity index (χ0n) is 9.46. The van der Waals surface area contributed by atoms with Crippen molar-refractivity contribution in [2.75, 3.05) is 32.9 Å². The highest BCUT2D eigenvalue weighted by Crippen LogP contribution is 2.11. The first-order valence-electron chi connectivity index (χ1n) is 4.98. The molecule has 0 fully saturated rings. The molecule has 0 unspecified atom stereocenters. The van der Waals surface area contributed by atoms with Crippen LogP contribution in [0.1, 0.15) is 10.4 Å². The van der Waals surface area contributed by atoms with Gasteiger partial charge in [-0.3, -0.25) is 4.79 Å². The van der Waals surface area contributed by atoms with E-state index in [0.717, 1.165) is 6.07 Å². The molecule has 1 aromatic rings. The average molecular weight is 225 g/mol. The first kappa shape index (κ1) is 12.4. The summed E-state index contributed by atoms with van der Waals surface area (Å²) in [5.41, 5.74) is 5.72. The van der Waals surface area contributed by atoms with Gasteiger partial charge in [0, 0.05) is 18.8 Å². The van der Waals surface area contributed by atoms with Gasteiger partial charge in [0.15, 0.2) is 0 Å². The molecular formula is C11H16FN3O. The van der Waals surface area contributed by atoms with E-state index in [-0.39, 0.29) is 5.56 Å². The standard InChI is InChI=1S/C11H16FN3O/c1-15(2)6-5-14-11(16)9-4-3-8(13)7-10(9)12/h3-4,7H,5-6,13H2,1-2H3,(H,14,16). The Labute approximate surface area is 94.2 Å². The molecule has 1 amide bonds. The monoisotopic (exact) mass is 225 g/mol. The normalized spacial score (nSPS) is 10.5. The van der Waals surface area contributed by atoms with Gasteiger partial charge in [0.05, 0.1) is 5.56 Å². The van der Waals surface area contributed by atoms with Crippen LogP contribution in [0.25, 0.3) is 0 Å². The molecule has 0 atom stereocenters. The van der Waals surface area contributed by atoms with Crippen molar-refractivity contribution in [2.24, 2.45) is 0 Å². The predicted molar refractivity (Wildman–Crippen MR) is 61.7 cm³/mol. The number of likely N-dealkylation sites (N-methyl/N-ethyl adjacent to an activating group) is 1. The van der Waals surface area contributed by atoms with Crippen molar-refractivity contribution in [2.45, 2.75) is 0 Å². The summed E-state index contributed by atoms with van der Waals surface area (Å²) in [7, 11) is 3.80. The maximum Gasteiger partial charge on any atom is 0.254 e. The molecule has 0 bridgehead atoms. The summed E-state index contributed by atoms with van der Waals surface area (Å²) in [5.74, 6) is -1.01. The molecule has 4 nitrogen and oxygen atoms in total. The van der Waals surface area contributed by atoms with Crippen LogP contribution in [0.5, 0.6) is 0 Å². The number of nitrogens with one attached hydrogen (secondary N) is 1. The number of hydrogen-bond donors (Lipinski definition) is 2. The van der Waals surface area contributed by atoms with Gasteiger partial charge in [-0.25, -0.2) is 4.39 Å². The summed E-state index contributed by atoms with van der Waals surface area (Å²) in [6, 6.07) is 4.03. The fraction of sp³-hybridized carbons (Fsp3) is 0.364. The van der Waals surface area contributed by atoms with Gasteiger partial charge in [0.1, 0.15) is 5.82 Å². The Hall–Kier alpha value is -1.62. The predicted octanol–water partition coefficient (Wildman–Crippen LogP) is 0.699. The lowest BCUT2D eigenvalue weighted by Gasteiger charge is -2.10. The lowest BCUT2D eigenvalue weighted by atomic mass is 10.2. The number of nitrogen functional groups attached to an aromatic ring is 1. The zero-order valence-corrected chi connectivity index (χ0v) is 9.46. The second-order valence-corrected chi connectivity index (χ2v) is 3.80. The van der Waals surface area contributed by atoms with Crippen LogP contribution in [0.15, 0.2) is 18.2 Å². The molecular weight excluding hydrogens is 209 g/mol. The first-order chi connectivity index (χ1) is 7.50. The second kappa shape index (κ2) is 5.46. The zero-order chi connectivity index (χ0) is 12.1. The summed E-state index contributed by atoms with van der Waals surface area (Å²) in [6.45, 7) is 1.19. The molecule has 0 spiro atoms. The number of nitrogens with two attached hydrogens (primary N) is 1. The lowest BCUT2D eigenvalue weighted by molar-refractivity contribution is 0.0947. The number of amides is 1. The van der Waals surface area contributed by atoms with Gasteiger partial charge < -0.3 is 16.0 Å². The van der Waals surface area contributed by atoms with E-state index in [0.29, 0.717) is 18.8 Å². The van der Waals surface area contributed by atoms with Crippen molar-refractivity contribution in [3.63, 3.8) is 0 Å². The number of nitrogens with zero attached hydrogens (tertiary/aromatic N) is 1. The number of anilines is 1. The van der Waals surface area contributed by atoms with Gasteiger partial charge in [0.2, 0.25) is 0 Å². The Balaban J connectivity index is 2.59. The molecule has 88 valence electrons. The van der Waals surface area contributed by atoms with E-state index < -0.39 is 11.7 Å². The smallest absolute Gasteiger partial charge is 0.254 e. The minimum Gasteiger partial charge on any atom is -0.399 e. The maximum absolute atomic E-state index is 13.3. The summed E-state index contributed by atoms with van der Waals surface area (Å²) < 4.78 is 13.3. The van der Waals surface area contributed by atoms with Crippen molar-refractivity contribution in [1.29, 1.82) is 0 Å². The summed E-state index contributed by atoms with van der Waals surface area (Å²) >= 11 is 0. The number of rotatable bonds is 4. The van der Waals surface area contributed by atoms with Crippen LogP contribution in [-0.2, 0) is 0 Å². The van der Waals surface area contributed by atoms with Gasteiger partial charge in [-0.1, -0.05) is 0 Å². The van der Waals surface area contributed by atoms with E-state index in [9.17, 15) is 9.18 Å². The molecule has 0 heterocycles. The largest absolute Gasteiger partial charge is 0.399 e. The third kappa shape index (κ3) is 3.51. The molecule has 1 aromatic carbocycles. The van der Waals surface area contributed by atoms with E-state index in [2.05, 4.69) is 5.32 Å². The minimum absolute atomic E-state index is 0.0213. The Morgan fingerprint density at radius 1 is 1.50 bits per heavy atom. The number of carbonyl (C=O) groups is 1. The number of halogens is 1. The van der Waals surface area contributed by atoms with E-state index in [1.165, 1.54) is 12.1 Å².